The molecule has 2 atom stereocenters. The summed E-state index contributed by atoms with van der Waals surface area (Å²) in [4.78, 5) is 24.9. The number of hydrogen-bond acceptors (Lipinski definition) is 7. The van der Waals surface area contributed by atoms with E-state index in [9.17, 15) is 75.4 Å². The Labute approximate surface area is 380 Å². The minimum Gasteiger partial charge on any atom is -0.497 e. The van der Waals surface area contributed by atoms with Crippen molar-refractivity contribution in [3.05, 3.63) is 78.9 Å². The van der Waals surface area contributed by atoms with E-state index in [1.54, 1.807) is 31.2 Å². The lowest BCUT2D eigenvalue weighted by molar-refractivity contribution is -0.461. The Kier molecular flexibility index (Phi) is 19.5. The van der Waals surface area contributed by atoms with Gasteiger partial charge in [-0.25, -0.2) is 9.59 Å². The van der Waals surface area contributed by atoms with Crippen molar-refractivity contribution in [3.8, 4) is 11.5 Å². The van der Waals surface area contributed by atoms with Gasteiger partial charge in [0.2, 0.25) is 0 Å². The highest BCUT2D eigenvalue weighted by Gasteiger charge is 2.95. The maximum atomic E-state index is 15.0. The molecule has 0 spiro atoms. The molecule has 0 saturated carbocycles. The van der Waals surface area contributed by atoms with Gasteiger partial charge in [-0.1, -0.05) is 65.5 Å². The van der Waals surface area contributed by atoms with Crippen LogP contribution in [0.1, 0.15) is 59.1 Å². The van der Waals surface area contributed by atoms with E-state index in [4.69, 9.17) is 23.4 Å². The fraction of sp³-hybridized carbons (Fsp3) is 0.571. The second-order valence-corrected chi connectivity index (χ2v) is 20.9. The first-order valence-electron chi connectivity index (χ1n) is 20.1. The standard InChI is InChI=1S/C42H48F17NO7Si/c1-8-21-65-32(61)11-9-10-27(6)33(67-34(62)60-29-14-18-30(63-7)19-15-29)28-12-16-31(17-13-28)64-22-23-66-68(25(2)3,26(4)5)24-20-35(43,44)36(45,46)37(47,48)38(49,50)39(51,52)40(53,54)41(55,56)42(57,58)59/h8-9,11-19,25-27,33H,1,10,20-24H2,2-7H3,(H,60,62)/b11-9+/t27-,33+/m1/s1. The fourth-order valence-corrected chi connectivity index (χ4v) is 11.1. The van der Waals surface area contributed by atoms with Crippen molar-refractivity contribution in [1.29, 1.82) is 0 Å². The van der Waals surface area contributed by atoms with Gasteiger partial charge in [0.1, 0.15) is 30.8 Å². The lowest BCUT2D eigenvalue weighted by Crippen LogP contribution is -2.74. The molecule has 0 aliphatic rings. The third-order valence-electron chi connectivity index (χ3n) is 10.7. The van der Waals surface area contributed by atoms with E-state index in [1.807, 2.05) is 0 Å². The number of carbonyl (C=O) groups is 2. The van der Waals surface area contributed by atoms with Gasteiger partial charge in [0, 0.05) is 24.1 Å². The molecule has 386 valence electrons. The fourth-order valence-electron chi connectivity index (χ4n) is 6.64. The number of nitrogens with one attached hydrogen (secondary N) is 1. The van der Waals surface area contributed by atoms with Gasteiger partial charge in [0.05, 0.1) is 13.7 Å². The number of ether oxygens (including phenoxy) is 4. The zero-order chi connectivity index (χ0) is 52.5. The number of esters is 1. The predicted octanol–water partition coefficient (Wildman–Crippen LogP) is 13.9. The molecule has 0 unspecified atom stereocenters. The summed E-state index contributed by atoms with van der Waals surface area (Å²) < 4.78 is 263. The van der Waals surface area contributed by atoms with Crippen molar-refractivity contribution < 1.29 is 108 Å². The number of methoxy groups -OCH3 is 1. The molecular formula is C42H48F17NO7Si. The number of allylic oxidation sites excluding steroid dienone is 1. The molecule has 2 aromatic carbocycles. The lowest BCUT2D eigenvalue weighted by atomic mass is 9.88. The summed E-state index contributed by atoms with van der Waals surface area (Å²) in [5.74, 6) is -57.4. The molecule has 0 aromatic heterocycles. The lowest BCUT2D eigenvalue weighted by Gasteiger charge is -2.44. The molecule has 1 amide bonds. The number of carbonyl (C=O) groups excluding carboxylic acids is 2. The number of benzene rings is 2. The Bertz CT molecular complexity index is 1990. The van der Waals surface area contributed by atoms with Crippen molar-refractivity contribution in [2.45, 2.75) is 118 Å². The minimum absolute atomic E-state index is 0.0349. The number of amides is 1. The van der Waals surface area contributed by atoms with Crippen LogP contribution in [0.4, 0.5) is 85.1 Å². The first-order chi connectivity index (χ1) is 31.0. The Morgan fingerprint density at radius 1 is 0.676 bits per heavy atom. The second kappa shape index (κ2) is 22.3. The van der Waals surface area contributed by atoms with Crippen LogP contribution >= 0.6 is 0 Å². The molecule has 26 heteroatoms. The molecule has 8 nitrogen and oxygen atoms in total. The summed E-state index contributed by atoms with van der Waals surface area (Å²) in [5.41, 5.74) is -1.02. The van der Waals surface area contributed by atoms with Crippen molar-refractivity contribution in [1.82, 2.24) is 0 Å². The number of anilines is 1. The van der Waals surface area contributed by atoms with E-state index in [0.717, 1.165) is 0 Å². The Hall–Kier alpha value is -4.75. The smallest absolute Gasteiger partial charge is 0.460 e. The monoisotopic (exact) mass is 1030 g/mol. The van der Waals surface area contributed by atoms with Gasteiger partial charge in [-0.15, -0.1) is 0 Å². The summed E-state index contributed by atoms with van der Waals surface area (Å²) in [6, 6.07) is 10.7. The van der Waals surface area contributed by atoms with E-state index in [2.05, 4.69) is 11.9 Å². The average molecular weight is 1030 g/mol. The van der Waals surface area contributed by atoms with Gasteiger partial charge in [-0.3, -0.25) is 5.32 Å². The summed E-state index contributed by atoms with van der Waals surface area (Å²) in [7, 11) is -2.58. The maximum absolute atomic E-state index is 15.0. The van der Waals surface area contributed by atoms with Crippen LogP contribution in [-0.4, -0.2) is 94.9 Å². The van der Waals surface area contributed by atoms with Crippen LogP contribution in [0.2, 0.25) is 17.1 Å². The first-order valence-corrected chi connectivity index (χ1v) is 22.4. The molecule has 2 rings (SSSR count). The number of hydrogen-bond donors (Lipinski definition) is 1. The summed E-state index contributed by atoms with van der Waals surface area (Å²) in [6.45, 7) is 9.41. The molecular weight excluding hydrogens is 982 g/mol. The maximum Gasteiger partial charge on any atom is 0.460 e. The van der Waals surface area contributed by atoms with Gasteiger partial charge in [-0.2, -0.15) is 74.6 Å². The van der Waals surface area contributed by atoms with Gasteiger partial charge in [0.25, 0.3) is 0 Å². The highest BCUT2D eigenvalue weighted by Crippen LogP contribution is 2.64. The van der Waals surface area contributed by atoms with Crippen LogP contribution in [0.3, 0.4) is 0 Å². The van der Waals surface area contributed by atoms with Gasteiger partial charge < -0.3 is 23.4 Å². The molecule has 2 aromatic rings. The van der Waals surface area contributed by atoms with Crippen LogP contribution in [0, 0.1) is 5.92 Å². The van der Waals surface area contributed by atoms with Gasteiger partial charge >= 0.3 is 59.7 Å². The zero-order valence-electron chi connectivity index (χ0n) is 36.9. The van der Waals surface area contributed by atoms with Crippen LogP contribution in [0.15, 0.2) is 73.3 Å². The first kappa shape index (κ1) is 59.4. The van der Waals surface area contributed by atoms with E-state index >= 15 is 8.78 Å². The molecule has 1 N–H and O–H groups in total. The largest absolute Gasteiger partial charge is 0.497 e. The van der Waals surface area contributed by atoms with Crippen LogP contribution < -0.4 is 14.8 Å². The topological polar surface area (TPSA) is 92.3 Å². The van der Waals surface area contributed by atoms with Crippen molar-refractivity contribution in [3.63, 3.8) is 0 Å². The highest BCUT2D eigenvalue weighted by atomic mass is 28.4. The number of rotatable bonds is 26. The third-order valence-corrected chi connectivity index (χ3v) is 16.4. The third kappa shape index (κ3) is 12.5. The van der Waals surface area contributed by atoms with Crippen LogP contribution in [0.25, 0.3) is 0 Å². The molecule has 0 aliphatic heterocycles. The normalized spacial score (nSPS) is 14.8. The zero-order valence-corrected chi connectivity index (χ0v) is 37.9. The van der Waals surface area contributed by atoms with Crippen molar-refractivity contribution >= 4 is 26.1 Å². The molecule has 68 heavy (non-hydrogen) atoms. The number of halogens is 17. The molecule has 0 fully saturated rings. The number of alkyl halides is 17. The molecule has 0 bridgehead atoms. The predicted molar refractivity (Wildman–Crippen MR) is 214 cm³/mol. The summed E-state index contributed by atoms with van der Waals surface area (Å²) >= 11 is 0. The quantitative estimate of drug-likeness (QED) is 0.0251. The van der Waals surface area contributed by atoms with Crippen LogP contribution in [-0.2, 0) is 18.7 Å². The molecule has 0 aliphatic carbocycles. The highest BCUT2D eigenvalue weighted by molar-refractivity contribution is 6.76. The van der Waals surface area contributed by atoms with E-state index < -0.39 is 117 Å². The Balaban J connectivity index is 2.30. The Morgan fingerprint density at radius 3 is 1.63 bits per heavy atom. The van der Waals surface area contributed by atoms with Crippen molar-refractivity contribution in [2.75, 3.05) is 32.2 Å². The molecule has 0 radical (unpaired) electrons. The second-order valence-electron chi connectivity index (χ2n) is 15.9. The SMILES string of the molecule is C=CCOC(=O)/C=C/C[C@@H](C)[C@H](OC(=O)Nc1ccc(OC)cc1)c1ccc(OCCO[Si](CCC(F)(F)C(F)(F)C(F)(F)C(F)(F)C(F)(F)C(F)(F)C(F)(F)C(F)(F)F)(C(C)C)C(C)C)cc1. The Morgan fingerprint density at radius 2 is 1.16 bits per heavy atom. The summed E-state index contributed by atoms with van der Waals surface area (Å²) in [5, 5.41) is 2.57. The van der Waals surface area contributed by atoms with E-state index in [0.29, 0.717) is 17.0 Å². The minimum atomic E-state index is -8.70. The van der Waals surface area contributed by atoms with Gasteiger partial charge in [0.15, 0.2) is 8.32 Å². The van der Waals surface area contributed by atoms with E-state index in [-0.39, 0.29) is 18.8 Å². The molecule has 0 saturated heterocycles. The van der Waals surface area contributed by atoms with Crippen LogP contribution in [0.5, 0.6) is 11.5 Å². The average Bonchev–Trinajstić information content (AvgIpc) is 3.23. The van der Waals surface area contributed by atoms with Gasteiger partial charge in [-0.05, 0) is 65.5 Å². The van der Waals surface area contributed by atoms with E-state index in [1.165, 1.54) is 77.3 Å². The summed E-state index contributed by atoms with van der Waals surface area (Å²) in [6.07, 6.45) is -8.02. The molecule has 0 heterocycles. The van der Waals surface area contributed by atoms with Crippen molar-refractivity contribution in [2.24, 2.45) is 5.92 Å².